The number of nitrogens with zero attached hydrogens (tertiary/aromatic N) is 3. The monoisotopic (exact) mass is 399 g/mol. The minimum absolute atomic E-state index is 0.0837. The first-order chi connectivity index (χ1) is 13.3. The van der Waals surface area contributed by atoms with Gasteiger partial charge in [-0.3, -0.25) is 9.59 Å². The molecule has 9 heteroatoms. The van der Waals surface area contributed by atoms with Gasteiger partial charge >= 0.3 is 0 Å². The van der Waals surface area contributed by atoms with E-state index in [1.807, 2.05) is 0 Å². The first-order valence-electron chi connectivity index (χ1n) is 8.40. The molecule has 0 bridgehead atoms. The molecular formula is C19H18FN5O2S. The van der Waals surface area contributed by atoms with Gasteiger partial charge < -0.3 is 11.2 Å². The normalized spacial score (nSPS) is 11.8. The van der Waals surface area contributed by atoms with Crippen molar-refractivity contribution in [3.8, 4) is 11.4 Å². The van der Waals surface area contributed by atoms with E-state index in [-0.39, 0.29) is 11.7 Å². The minimum Gasteiger partial charge on any atom is -0.335 e. The largest absolute Gasteiger partial charge is 0.335 e. The van der Waals surface area contributed by atoms with E-state index in [9.17, 15) is 14.0 Å². The molecule has 0 fully saturated rings. The van der Waals surface area contributed by atoms with E-state index in [0.717, 1.165) is 11.8 Å². The van der Waals surface area contributed by atoms with E-state index in [0.29, 0.717) is 27.8 Å². The number of nitrogen functional groups attached to an aromatic ring is 1. The van der Waals surface area contributed by atoms with E-state index >= 15 is 0 Å². The van der Waals surface area contributed by atoms with E-state index in [2.05, 4.69) is 15.5 Å². The molecule has 0 saturated carbocycles. The number of hydrogen-bond donors (Lipinski definition) is 2. The smallest absolute Gasteiger partial charge is 0.237 e. The highest BCUT2D eigenvalue weighted by Crippen LogP contribution is 2.26. The topological polar surface area (TPSA) is 103 Å². The van der Waals surface area contributed by atoms with Crippen molar-refractivity contribution in [2.75, 3.05) is 11.2 Å². The number of thioether (sulfide) groups is 1. The van der Waals surface area contributed by atoms with Gasteiger partial charge in [-0.1, -0.05) is 36.0 Å². The molecular weight excluding hydrogens is 381 g/mol. The van der Waals surface area contributed by atoms with Gasteiger partial charge in [0.15, 0.2) is 11.6 Å². The first kappa shape index (κ1) is 19.6. The lowest BCUT2D eigenvalue weighted by Gasteiger charge is -2.12. The van der Waals surface area contributed by atoms with E-state index in [1.165, 1.54) is 23.7 Å². The van der Waals surface area contributed by atoms with Gasteiger partial charge in [-0.15, -0.1) is 10.2 Å². The van der Waals surface area contributed by atoms with Gasteiger partial charge in [-0.25, -0.2) is 9.07 Å². The number of halogens is 1. The lowest BCUT2D eigenvalue weighted by Crippen LogP contribution is -2.23. The fourth-order valence-corrected chi connectivity index (χ4v) is 3.22. The van der Waals surface area contributed by atoms with Crippen LogP contribution in [-0.2, 0) is 4.79 Å². The average molecular weight is 399 g/mol. The fraction of sp³-hybridized carbons (Fsp3) is 0.158. The Morgan fingerprint density at radius 1 is 1.18 bits per heavy atom. The summed E-state index contributed by atoms with van der Waals surface area (Å²) in [5.74, 6) is 5.55. The molecule has 144 valence electrons. The SMILES string of the molecule is CC(=O)c1cccc(NC(=O)[C@H](C)Sc2nnc(-c3cccc(F)c3)n2N)c1. The number of amides is 1. The van der Waals surface area contributed by atoms with Crippen LogP contribution < -0.4 is 11.2 Å². The molecule has 3 aromatic rings. The maximum absolute atomic E-state index is 13.4. The number of aromatic nitrogens is 3. The van der Waals surface area contributed by atoms with Gasteiger partial charge in [0.25, 0.3) is 0 Å². The van der Waals surface area contributed by atoms with Crippen LogP contribution in [0.5, 0.6) is 0 Å². The van der Waals surface area contributed by atoms with Crippen LogP contribution in [0.2, 0.25) is 0 Å². The second-order valence-corrected chi connectivity index (χ2v) is 7.38. The molecule has 3 N–H and O–H groups in total. The molecule has 1 amide bonds. The molecule has 0 unspecified atom stereocenters. The van der Waals surface area contributed by atoms with Crippen LogP contribution in [0.4, 0.5) is 10.1 Å². The zero-order chi connectivity index (χ0) is 20.3. The molecule has 28 heavy (non-hydrogen) atoms. The summed E-state index contributed by atoms with van der Waals surface area (Å²) in [5.41, 5.74) is 1.53. The standard InChI is InChI=1S/C19H18FN5O2S/c1-11(26)13-5-4-8-16(10-13)22-18(27)12(2)28-19-24-23-17(25(19)21)14-6-3-7-15(20)9-14/h3-10,12H,21H2,1-2H3,(H,22,27)/t12-/m0/s1. The second-order valence-electron chi connectivity index (χ2n) is 6.07. The molecule has 0 radical (unpaired) electrons. The van der Waals surface area contributed by atoms with Crippen molar-refractivity contribution >= 4 is 29.1 Å². The number of benzene rings is 2. The number of hydrogen-bond acceptors (Lipinski definition) is 6. The van der Waals surface area contributed by atoms with E-state index < -0.39 is 11.1 Å². The molecule has 1 atom stereocenters. The zero-order valence-electron chi connectivity index (χ0n) is 15.2. The van der Waals surface area contributed by atoms with Crippen molar-refractivity contribution in [2.24, 2.45) is 0 Å². The molecule has 7 nitrogen and oxygen atoms in total. The van der Waals surface area contributed by atoms with Crippen molar-refractivity contribution < 1.29 is 14.0 Å². The van der Waals surface area contributed by atoms with Gasteiger partial charge in [0.1, 0.15) is 5.82 Å². The Hall–Kier alpha value is -3.20. The number of carbonyl (C=O) groups is 2. The number of nitrogens with one attached hydrogen (secondary N) is 1. The lowest BCUT2D eigenvalue weighted by atomic mass is 10.1. The summed E-state index contributed by atoms with van der Waals surface area (Å²) < 4.78 is 14.6. The zero-order valence-corrected chi connectivity index (χ0v) is 16.0. The number of anilines is 1. The lowest BCUT2D eigenvalue weighted by molar-refractivity contribution is -0.115. The molecule has 0 spiro atoms. The fourth-order valence-electron chi connectivity index (χ4n) is 2.45. The molecule has 2 aromatic carbocycles. The molecule has 0 aliphatic heterocycles. The average Bonchev–Trinajstić information content (AvgIpc) is 3.02. The summed E-state index contributed by atoms with van der Waals surface area (Å²) in [7, 11) is 0. The molecule has 1 aromatic heterocycles. The van der Waals surface area contributed by atoms with Gasteiger partial charge in [-0.2, -0.15) is 0 Å². The van der Waals surface area contributed by atoms with Crippen LogP contribution in [0, 0.1) is 5.82 Å². The van der Waals surface area contributed by atoms with Crippen molar-refractivity contribution in [1.29, 1.82) is 0 Å². The Morgan fingerprint density at radius 3 is 2.64 bits per heavy atom. The summed E-state index contributed by atoms with van der Waals surface area (Å²) in [6.07, 6.45) is 0. The van der Waals surface area contributed by atoms with Crippen molar-refractivity contribution in [3.63, 3.8) is 0 Å². The van der Waals surface area contributed by atoms with Crippen molar-refractivity contribution in [1.82, 2.24) is 14.9 Å². The van der Waals surface area contributed by atoms with Crippen LogP contribution in [0.1, 0.15) is 24.2 Å². The number of nitrogens with two attached hydrogens (primary N) is 1. The van der Waals surface area contributed by atoms with Gasteiger partial charge in [0, 0.05) is 16.8 Å². The highest BCUT2D eigenvalue weighted by atomic mass is 32.2. The molecule has 0 aliphatic carbocycles. The van der Waals surface area contributed by atoms with Crippen LogP contribution in [0.15, 0.2) is 53.7 Å². The second kappa shape index (κ2) is 8.22. The maximum atomic E-state index is 13.4. The van der Waals surface area contributed by atoms with Crippen molar-refractivity contribution in [3.05, 3.63) is 59.9 Å². The Bertz CT molecular complexity index is 1040. The number of rotatable bonds is 6. The predicted octanol–water partition coefficient (Wildman–Crippen LogP) is 3.12. The summed E-state index contributed by atoms with van der Waals surface area (Å²) in [6.45, 7) is 3.16. The highest BCUT2D eigenvalue weighted by molar-refractivity contribution is 8.00. The Morgan fingerprint density at radius 2 is 1.93 bits per heavy atom. The maximum Gasteiger partial charge on any atom is 0.237 e. The summed E-state index contributed by atoms with van der Waals surface area (Å²) in [6, 6.07) is 12.6. The Balaban J connectivity index is 1.71. The van der Waals surface area contributed by atoms with Gasteiger partial charge in [-0.05, 0) is 38.1 Å². The highest BCUT2D eigenvalue weighted by Gasteiger charge is 2.20. The third kappa shape index (κ3) is 4.37. The van der Waals surface area contributed by atoms with Crippen LogP contribution in [0.25, 0.3) is 11.4 Å². The quantitative estimate of drug-likeness (QED) is 0.375. The van der Waals surface area contributed by atoms with Crippen LogP contribution in [0.3, 0.4) is 0 Å². The summed E-state index contributed by atoms with van der Waals surface area (Å²) >= 11 is 1.12. The molecule has 0 saturated heterocycles. The Labute approximate surface area is 165 Å². The van der Waals surface area contributed by atoms with E-state index in [4.69, 9.17) is 5.84 Å². The van der Waals surface area contributed by atoms with Crippen molar-refractivity contribution in [2.45, 2.75) is 24.3 Å². The molecule has 1 heterocycles. The van der Waals surface area contributed by atoms with E-state index in [1.54, 1.807) is 43.3 Å². The summed E-state index contributed by atoms with van der Waals surface area (Å²) in [5, 5.41) is 10.5. The molecule has 3 rings (SSSR count). The molecule has 0 aliphatic rings. The third-order valence-electron chi connectivity index (χ3n) is 3.94. The number of carbonyl (C=O) groups excluding carboxylic acids is 2. The predicted molar refractivity (Wildman–Crippen MR) is 106 cm³/mol. The van der Waals surface area contributed by atoms with Crippen LogP contribution >= 0.6 is 11.8 Å². The third-order valence-corrected chi connectivity index (χ3v) is 4.99. The minimum atomic E-state index is -0.534. The van der Waals surface area contributed by atoms with Gasteiger partial charge in [0.05, 0.1) is 5.25 Å². The van der Waals surface area contributed by atoms with Gasteiger partial charge in [0.2, 0.25) is 11.1 Å². The Kier molecular flexibility index (Phi) is 5.74. The number of ketones is 1. The van der Waals surface area contributed by atoms with Crippen LogP contribution in [-0.4, -0.2) is 31.8 Å². The first-order valence-corrected chi connectivity index (χ1v) is 9.28. The number of Topliss-reactive ketones (excluding diaryl/α,β-unsaturated/α-hetero) is 1. The summed E-state index contributed by atoms with van der Waals surface area (Å²) in [4.78, 5) is 23.9.